The summed E-state index contributed by atoms with van der Waals surface area (Å²) in [6.07, 6.45) is 3.37. The number of amides is 1. The Bertz CT molecular complexity index is 1170. The molecule has 4 aromatic rings. The molecule has 0 fully saturated rings. The summed E-state index contributed by atoms with van der Waals surface area (Å²) in [6.45, 7) is -0.156. The van der Waals surface area contributed by atoms with E-state index < -0.39 is 11.9 Å². The lowest BCUT2D eigenvalue weighted by Crippen LogP contribution is -2.34. The first-order chi connectivity index (χ1) is 14.5. The average molecular weight is 426 g/mol. The topological polar surface area (TPSA) is 90.5 Å². The zero-order chi connectivity index (χ0) is 21.1. The van der Waals surface area contributed by atoms with Crippen LogP contribution in [0, 0.1) is 5.82 Å². The lowest BCUT2D eigenvalue weighted by Gasteiger charge is -2.19. The van der Waals surface area contributed by atoms with Gasteiger partial charge in [-0.15, -0.1) is 10.2 Å². The van der Waals surface area contributed by atoms with Gasteiger partial charge in [-0.1, -0.05) is 23.7 Å². The molecule has 2 heterocycles. The largest absolute Gasteiger partial charge is 0.340 e. The van der Waals surface area contributed by atoms with Crippen LogP contribution in [0.25, 0.3) is 11.4 Å². The zero-order valence-electron chi connectivity index (χ0n) is 15.9. The molecular formula is C20H17ClFN7O. The minimum Gasteiger partial charge on any atom is -0.340 e. The summed E-state index contributed by atoms with van der Waals surface area (Å²) in [6, 6.07) is 12.4. The van der Waals surface area contributed by atoms with Gasteiger partial charge in [0.1, 0.15) is 24.2 Å². The van der Waals surface area contributed by atoms with Crippen molar-refractivity contribution in [3.63, 3.8) is 0 Å². The lowest BCUT2D eigenvalue weighted by atomic mass is 10.1. The van der Waals surface area contributed by atoms with Crippen LogP contribution in [-0.4, -0.2) is 35.7 Å². The smallest absolute Gasteiger partial charge is 0.244 e. The van der Waals surface area contributed by atoms with Crippen molar-refractivity contribution in [3.8, 4) is 11.4 Å². The van der Waals surface area contributed by atoms with Gasteiger partial charge in [0, 0.05) is 30.0 Å². The van der Waals surface area contributed by atoms with Crippen LogP contribution in [-0.2, 0) is 18.4 Å². The first-order valence-corrected chi connectivity index (χ1v) is 9.43. The van der Waals surface area contributed by atoms with Gasteiger partial charge in [0.2, 0.25) is 11.7 Å². The van der Waals surface area contributed by atoms with Gasteiger partial charge in [0.15, 0.2) is 0 Å². The molecule has 1 N–H and O–H groups in total. The highest BCUT2D eigenvalue weighted by Gasteiger charge is 2.22. The van der Waals surface area contributed by atoms with Gasteiger partial charge in [0.05, 0.1) is 0 Å². The highest BCUT2D eigenvalue weighted by Crippen LogP contribution is 2.21. The molecule has 0 bridgehead atoms. The van der Waals surface area contributed by atoms with Gasteiger partial charge in [-0.2, -0.15) is 4.80 Å². The summed E-state index contributed by atoms with van der Waals surface area (Å²) >= 11 is 5.89. The molecule has 0 aliphatic heterocycles. The van der Waals surface area contributed by atoms with E-state index in [-0.39, 0.29) is 12.5 Å². The fourth-order valence-electron chi connectivity index (χ4n) is 3.00. The molecule has 0 saturated heterocycles. The van der Waals surface area contributed by atoms with Crippen molar-refractivity contribution in [2.75, 3.05) is 0 Å². The maximum absolute atomic E-state index is 13.8. The third kappa shape index (κ3) is 4.36. The number of hydrogen-bond donors (Lipinski definition) is 1. The summed E-state index contributed by atoms with van der Waals surface area (Å²) in [7, 11) is 1.80. The number of halogens is 2. The molecule has 0 spiro atoms. The van der Waals surface area contributed by atoms with Crippen molar-refractivity contribution in [3.05, 3.63) is 83.2 Å². The van der Waals surface area contributed by atoms with Crippen LogP contribution in [0.3, 0.4) is 0 Å². The number of rotatable bonds is 6. The van der Waals surface area contributed by atoms with Gasteiger partial charge >= 0.3 is 0 Å². The maximum atomic E-state index is 13.8. The highest BCUT2D eigenvalue weighted by atomic mass is 35.5. The number of benzene rings is 2. The number of carbonyl (C=O) groups excluding carboxylic acids is 1. The Morgan fingerprint density at radius 1 is 1.23 bits per heavy atom. The second-order valence-corrected chi connectivity index (χ2v) is 7.04. The van der Waals surface area contributed by atoms with Crippen molar-refractivity contribution >= 4 is 17.5 Å². The van der Waals surface area contributed by atoms with Gasteiger partial charge in [-0.25, -0.2) is 9.37 Å². The third-order valence-corrected chi connectivity index (χ3v) is 4.70. The number of nitrogens with one attached hydrogen (secondary N) is 1. The van der Waals surface area contributed by atoms with Gasteiger partial charge in [0.25, 0.3) is 0 Å². The molecule has 2 aromatic heterocycles. The molecular weight excluding hydrogens is 409 g/mol. The molecule has 4 rings (SSSR count). The fraction of sp³-hybridized carbons (Fsp3) is 0.150. The predicted molar refractivity (Wildman–Crippen MR) is 108 cm³/mol. The second kappa shape index (κ2) is 8.42. The van der Waals surface area contributed by atoms with E-state index in [1.165, 1.54) is 16.9 Å². The summed E-state index contributed by atoms with van der Waals surface area (Å²) in [5.41, 5.74) is 1.31. The molecule has 1 atom stereocenters. The average Bonchev–Trinajstić information content (AvgIpc) is 3.36. The standard InChI is InChI=1S/C20H17ClFN7O/c1-28-10-9-23-20(28)18(14-3-2-4-16(22)11-14)24-17(30)12-29-26-19(25-27-29)13-5-7-15(21)8-6-13/h2-11,18H,12H2,1H3,(H,24,30). The minimum absolute atomic E-state index is 0.156. The van der Waals surface area contributed by atoms with Crippen LogP contribution in [0.15, 0.2) is 60.9 Å². The maximum Gasteiger partial charge on any atom is 0.244 e. The molecule has 0 aliphatic rings. The van der Waals surface area contributed by atoms with E-state index in [0.29, 0.717) is 22.2 Å². The molecule has 2 aromatic carbocycles. The molecule has 0 radical (unpaired) electrons. The van der Waals surface area contributed by atoms with Crippen molar-refractivity contribution in [2.45, 2.75) is 12.6 Å². The molecule has 0 saturated carbocycles. The first kappa shape index (κ1) is 19.7. The van der Waals surface area contributed by atoms with E-state index >= 15 is 0 Å². The monoisotopic (exact) mass is 425 g/mol. The third-order valence-electron chi connectivity index (χ3n) is 4.44. The summed E-state index contributed by atoms with van der Waals surface area (Å²) in [5, 5.41) is 15.6. The Kier molecular flexibility index (Phi) is 5.53. The lowest BCUT2D eigenvalue weighted by molar-refractivity contribution is -0.122. The van der Waals surface area contributed by atoms with E-state index in [1.54, 1.807) is 60.4 Å². The molecule has 30 heavy (non-hydrogen) atoms. The number of aryl methyl sites for hydroxylation is 1. The van der Waals surface area contributed by atoms with E-state index in [2.05, 4.69) is 25.7 Å². The van der Waals surface area contributed by atoms with E-state index in [0.717, 1.165) is 5.56 Å². The van der Waals surface area contributed by atoms with Crippen molar-refractivity contribution < 1.29 is 9.18 Å². The molecule has 8 nitrogen and oxygen atoms in total. The minimum atomic E-state index is -0.632. The SMILES string of the molecule is Cn1ccnc1C(NC(=O)Cn1nnc(-c2ccc(Cl)cc2)n1)c1cccc(F)c1. The zero-order valence-corrected chi connectivity index (χ0v) is 16.7. The van der Waals surface area contributed by atoms with Gasteiger partial charge in [-0.3, -0.25) is 4.79 Å². The van der Waals surface area contributed by atoms with Gasteiger partial charge < -0.3 is 9.88 Å². The van der Waals surface area contributed by atoms with E-state index in [1.807, 2.05) is 0 Å². The number of imidazole rings is 1. The Hall–Kier alpha value is -3.59. The highest BCUT2D eigenvalue weighted by molar-refractivity contribution is 6.30. The normalized spacial score (nSPS) is 12.0. The van der Waals surface area contributed by atoms with Crippen LogP contribution >= 0.6 is 11.6 Å². The quantitative estimate of drug-likeness (QED) is 0.513. The number of tetrazole rings is 1. The Morgan fingerprint density at radius 3 is 2.73 bits per heavy atom. The molecule has 0 aliphatic carbocycles. The Balaban J connectivity index is 1.52. The summed E-state index contributed by atoms with van der Waals surface area (Å²) < 4.78 is 15.5. The Labute approximate surface area is 176 Å². The number of nitrogens with zero attached hydrogens (tertiary/aromatic N) is 6. The number of aromatic nitrogens is 6. The summed E-state index contributed by atoms with van der Waals surface area (Å²) in [5.74, 6) is 0.187. The van der Waals surface area contributed by atoms with Crippen LogP contribution in [0.5, 0.6) is 0 Å². The van der Waals surface area contributed by atoms with Crippen LogP contribution < -0.4 is 5.32 Å². The van der Waals surface area contributed by atoms with Crippen molar-refractivity contribution in [2.24, 2.45) is 7.05 Å². The predicted octanol–water partition coefficient (Wildman–Crippen LogP) is 2.77. The Morgan fingerprint density at radius 2 is 2.03 bits per heavy atom. The number of carbonyl (C=O) groups is 1. The van der Waals surface area contributed by atoms with Crippen molar-refractivity contribution in [1.82, 2.24) is 35.1 Å². The van der Waals surface area contributed by atoms with Crippen LogP contribution in [0.2, 0.25) is 5.02 Å². The molecule has 152 valence electrons. The number of hydrogen-bond acceptors (Lipinski definition) is 5. The summed E-state index contributed by atoms with van der Waals surface area (Å²) in [4.78, 5) is 18.2. The van der Waals surface area contributed by atoms with Crippen molar-refractivity contribution in [1.29, 1.82) is 0 Å². The second-order valence-electron chi connectivity index (χ2n) is 6.60. The van der Waals surface area contributed by atoms with Crippen LogP contribution in [0.4, 0.5) is 4.39 Å². The van der Waals surface area contributed by atoms with E-state index in [4.69, 9.17) is 11.6 Å². The van der Waals surface area contributed by atoms with E-state index in [9.17, 15) is 9.18 Å². The molecule has 1 unspecified atom stereocenters. The first-order valence-electron chi connectivity index (χ1n) is 9.05. The molecule has 10 heteroatoms. The van der Waals surface area contributed by atoms with Crippen LogP contribution in [0.1, 0.15) is 17.4 Å². The molecule has 1 amide bonds. The van der Waals surface area contributed by atoms with Gasteiger partial charge in [-0.05, 0) is 47.2 Å². The fourth-order valence-corrected chi connectivity index (χ4v) is 3.12.